The van der Waals surface area contributed by atoms with Crippen molar-refractivity contribution >= 4 is 46.2 Å². The fraction of sp³-hybridized carbons (Fsp3) is 0.438. The van der Waals surface area contributed by atoms with E-state index in [1.807, 2.05) is 13.8 Å². The lowest BCUT2D eigenvalue weighted by Gasteiger charge is -2.13. The van der Waals surface area contributed by atoms with Crippen LogP contribution in [0.15, 0.2) is 34.2 Å². The molecule has 1 aromatic rings. The normalized spacial score (nSPS) is 19.1. The largest absolute Gasteiger partial charge is 0.326 e. The third-order valence-corrected chi connectivity index (χ3v) is 5.30. The molecule has 1 N–H and O–H groups in total. The van der Waals surface area contributed by atoms with Crippen LogP contribution in [0.4, 0.5) is 14.5 Å². The lowest BCUT2D eigenvalue weighted by molar-refractivity contribution is -0.128. The highest BCUT2D eigenvalue weighted by molar-refractivity contribution is 8.15. The van der Waals surface area contributed by atoms with Gasteiger partial charge in [0.25, 0.3) is 5.76 Å². The molecule has 1 saturated heterocycles. The van der Waals surface area contributed by atoms with Crippen molar-refractivity contribution < 1.29 is 18.4 Å². The average Bonchev–Trinajstić information content (AvgIpc) is 2.84. The quantitative estimate of drug-likeness (QED) is 0.725. The summed E-state index contributed by atoms with van der Waals surface area (Å²) in [5, 5.41) is 2.86. The van der Waals surface area contributed by atoms with Crippen LogP contribution in [-0.2, 0) is 9.59 Å². The van der Waals surface area contributed by atoms with Gasteiger partial charge in [-0.25, -0.2) is 0 Å². The van der Waals surface area contributed by atoms with Crippen molar-refractivity contribution in [2.24, 2.45) is 4.99 Å². The molecule has 1 aliphatic rings. The van der Waals surface area contributed by atoms with E-state index in [9.17, 15) is 18.4 Å². The molecule has 0 saturated carbocycles. The molecule has 1 aromatic carbocycles. The van der Waals surface area contributed by atoms with Crippen LogP contribution in [0.1, 0.15) is 20.3 Å². The van der Waals surface area contributed by atoms with Crippen LogP contribution in [0, 0.1) is 0 Å². The number of rotatable bonds is 7. The van der Waals surface area contributed by atoms with Gasteiger partial charge in [0.2, 0.25) is 11.8 Å². The molecule has 0 aliphatic carbocycles. The van der Waals surface area contributed by atoms with Crippen LogP contribution in [0.5, 0.6) is 0 Å². The molecule has 5 nitrogen and oxygen atoms in total. The number of halogens is 2. The minimum Gasteiger partial charge on any atom is -0.326 e. The van der Waals surface area contributed by atoms with E-state index in [1.54, 1.807) is 17.0 Å². The van der Waals surface area contributed by atoms with Crippen molar-refractivity contribution in [1.29, 1.82) is 0 Å². The maximum absolute atomic E-state index is 12.3. The number of anilines is 1. The Hall–Kier alpha value is -1.61. The van der Waals surface area contributed by atoms with Gasteiger partial charge in [-0.15, -0.1) is 0 Å². The molecule has 0 aromatic heterocycles. The first kappa shape index (κ1) is 19.7. The number of nitrogens with one attached hydrogen (secondary N) is 1. The molecule has 2 rings (SSSR count). The number of benzene rings is 1. The van der Waals surface area contributed by atoms with E-state index in [2.05, 4.69) is 10.3 Å². The number of aliphatic imine (C=N–C) groups is 1. The summed E-state index contributed by atoms with van der Waals surface area (Å²) in [5.41, 5.74) is 0.508. The van der Waals surface area contributed by atoms with E-state index in [0.717, 1.165) is 0 Å². The van der Waals surface area contributed by atoms with Gasteiger partial charge >= 0.3 is 0 Å². The number of hydrogen-bond acceptors (Lipinski definition) is 5. The number of carbonyl (C=O) groups is 2. The fourth-order valence-corrected chi connectivity index (χ4v) is 4.05. The fourth-order valence-electron chi connectivity index (χ4n) is 2.29. The van der Waals surface area contributed by atoms with Crippen LogP contribution in [0.25, 0.3) is 0 Å². The minimum absolute atomic E-state index is 0.0380. The lowest BCUT2D eigenvalue weighted by Crippen LogP contribution is -2.33. The number of amides is 2. The summed E-state index contributed by atoms with van der Waals surface area (Å²) in [5.74, 6) is -2.89. The van der Waals surface area contributed by atoms with Crippen molar-refractivity contribution in [3.05, 3.63) is 24.3 Å². The molecule has 0 spiro atoms. The second kappa shape index (κ2) is 9.19. The Balaban J connectivity index is 1.94. The first-order valence-electron chi connectivity index (χ1n) is 7.81. The Labute approximate surface area is 153 Å². The van der Waals surface area contributed by atoms with E-state index in [4.69, 9.17) is 0 Å². The number of thioether (sulfide) groups is 2. The van der Waals surface area contributed by atoms with Crippen LogP contribution in [0.2, 0.25) is 0 Å². The van der Waals surface area contributed by atoms with Crippen LogP contribution < -0.4 is 5.32 Å². The zero-order chi connectivity index (χ0) is 18.4. The second-order valence-corrected chi connectivity index (χ2v) is 7.33. The molecule has 1 atom stereocenters. The van der Waals surface area contributed by atoms with Gasteiger partial charge in [-0.1, -0.05) is 23.5 Å². The predicted octanol–water partition coefficient (Wildman–Crippen LogP) is 3.67. The molecule has 1 aliphatic heterocycles. The Morgan fingerprint density at radius 3 is 2.60 bits per heavy atom. The summed E-state index contributed by atoms with van der Waals surface area (Å²) in [7, 11) is 0. The average molecular weight is 387 g/mol. The zero-order valence-corrected chi connectivity index (χ0v) is 15.5. The molecule has 25 heavy (non-hydrogen) atoms. The number of hydrogen-bond donors (Lipinski definition) is 1. The summed E-state index contributed by atoms with van der Waals surface area (Å²) in [4.78, 5) is 30.8. The van der Waals surface area contributed by atoms with E-state index in [0.29, 0.717) is 40.6 Å². The van der Waals surface area contributed by atoms with Crippen LogP contribution in [-0.4, -0.2) is 46.0 Å². The van der Waals surface area contributed by atoms with E-state index < -0.39 is 11.0 Å². The Kier molecular flexibility index (Phi) is 7.24. The van der Waals surface area contributed by atoms with Crippen molar-refractivity contribution in [2.45, 2.75) is 36.2 Å². The minimum atomic E-state index is -2.48. The Morgan fingerprint density at radius 1 is 1.36 bits per heavy atom. The van der Waals surface area contributed by atoms with Gasteiger partial charge in [-0.05, 0) is 38.1 Å². The number of carbonyl (C=O) groups excluding carboxylic acids is 2. The molecular formula is C16H19F2N3O2S2. The molecule has 9 heteroatoms. The van der Waals surface area contributed by atoms with Crippen molar-refractivity contribution in [1.82, 2.24) is 4.90 Å². The topological polar surface area (TPSA) is 61.8 Å². The molecule has 136 valence electrons. The zero-order valence-electron chi connectivity index (χ0n) is 13.9. The Morgan fingerprint density at radius 2 is 2.04 bits per heavy atom. The highest BCUT2D eigenvalue weighted by atomic mass is 32.2. The molecular weight excluding hydrogens is 368 g/mol. The molecule has 1 fully saturated rings. The molecule has 2 amide bonds. The monoisotopic (exact) mass is 387 g/mol. The van der Waals surface area contributed by atoms with Crippen molar-refractivity contribution in [2.75, 3.05) is 18.4 Å². The number of amidine groups is 1. The van der Waals surface area contributed by atoms with E-state index >= 15 is 0 Å². The maximum atomic E-state index is 12.3. The van der Waals surface area contributed by atoms with Gasteiger partial charge in [-0.2, -0.15) is 8.78 Å². The molecule has 0 unspecified atom stereocenters. The van der Waals surface area contributed by atoms with Crippen LogP contribution >= 0.6 is 23.5 Å². The summed E-state index contributed by atoms with van der Waals surface area (Å²) in [6.07, 6.45) is 0.0380. The highest BCUT2D eigenvalue weighted by Crippen LogP contribution is 2.30. The van der Waals surface area contributed by atoms with Gasteiger partial charge < -0.3 is 5.32 Å². The smallest absolute Gasteiger partial charge is 0.288 e. The third-order valence-electron chi connectivity index (χ3n) is 3.36. The first-order valence-corrected chi connectivity index (χ1v) is 9.57. The third kappa shape index (κ3) is 5.43. The SMILES string of the molecule is CCN=C1S[C@H](CC(=O)Nc2ccc(SC(F)F)cc2)C(=O)N1CC. The predicted molar refractivity (Wildman–Crippen MR) is 98.3 cm³/mol. The Bertz CT molecular complexity index is 653. The van der Waals surface area contributed by atoms with Crippen molar-refractivity contribution in [3.8, 4) is 0 Å². The number of alkyl halides is 2. The van der Waals surface area contributed by atoms with Gasteiger partial charge in [0, 0.05) is 30.1 Å². The van der Waals surface area contributed by atoms with Crippen LogP contribution in [0.3, 0.4) is 0 Å². The van der Waals surface area contributed by atoms with Crippen molar-refractivity contribution in [3.63, 3.8) is 0 Å². The summed E-state index contributed by atoms with van der Waals surface area (Å²) in [6.45, 7) is 4.85. The van der Waals surface area contributed by atoms with Gasteiger partial charge in [0.1, 0.15) is 5.25 Å². The maximum Gasteiger partial charge on any atom is 0.288 e. The van der Waals surface area contributed by atoms with E-state index in [1.165, 1.54) is 23.9 Å². The second-order valence-electron chi connectivity index (χ2n) is 5.10. The van der Waals surface area contributed by atoms with Gasteiger partial charge in [0.15, 0.2) is 5.17 Å². The van der Waals surface area contributed by atoms with Gasteiger partial charge in [-0.3, -0.25) is 19.5 Å². The summed E-state index contributed by atoms with van der Waals surface area (Å²) < 4.78 is 24.6. The standard InChI is InChI=1S/C16H19F2N3O2S2/c1-3-19-16-21(4-2)14(23)12(25-16)9-13(22)20-10-5-7-11(8-6-10)24-15(17)18/h5-8,12,15H,3-4,9H2,1-2H3,(H,20,22)/t12-/m1/s1. The van der Waals surface area contributed by atoms with E-state index in [-0.39, 0.29) is 18.2 Å². The summed E-state index contributed by atoms with van der Waals surface area (Å²) in [6, 6.07) is 6.17. The number of nitrogens with zero attached hydrogens (tertiary/aromatic N) is 2. The highest BCUT2D eigenvalue weighted by Gasteiger charge is 2.37. The molecule has 0 radical (unpaired) electrons. The summed E-state index contributed by atoms with van der Waals surface area (Å²) >= 11 is 1.75. The lowest BCUT2D eigenvalue weighted by atomic mass is 10.2. The first-order chi connectivity index (χ1) is 11.9. The molecule has 1 heterocycles. The molecule has 0 bridgehead atoms. The van der Waals surface area contributed by atoms with Gasteiger partial charge in [0.05, 0.1) is 0 Å².